The monoisotopic (exact) mass is 258 g/mol. The molecule has 6 heteroatoms. The van der Waals surface area contributed by atoms with Crippen LogP contribution in [0.5, 0.6) is 0 Å². The Hall–Kier alpha value is -1.13. The van der Waals surface area contributed by atoms with E-state index >= 15 is 0 Å². The highest BCUT2D eigenvalue weighted by Crippen LogP contribution is 2.09. The van der Waals surface area contributed by atoms with Gasteiger partial charge in [0, 0.05) is 17.7 Å². The summed E-state index contributed by atoms with van der Waals surface area (Å²) in [7, 11) is 0. The summed E-state index contributed by atoms with van der Waals surface area (Å²) < 4.78 is 5.39. The van der Waals surface area contributed by atoms with Gasteiger partial charge in [0.15, 0.2) is 0 Å². The van der Waals surface area contributed by atoms with Gasteiger partial charge in [0.25, 0.3) is 0 Å². The molecular weight excluding hydrogens is 248 g/mol. The Morgan fingerprint density at radius 3 is 3.21 bits per heavy atom. The molecule has 1 aliphatic heterocycles. The van der Waals surface area contributed by atoms with Crippen molar-refractivity contribution >= 4 is 15.9 Å². The van der Waals surface area contributed by atoms with Crippen molar-refractivity contribution in [2.24, 2.45) is 5.11 Å². The summed E-state index contributed by atoms with van der Waals surface area (Å²) in [5.41, 5.74) is 8.02. The molecule has 0 saturated heterocycles. The first-order valence-electron chi connectivity index (χ1n) is 4.25. The average Bonchev–Trinajstić information content (AvgIpc) is 2.21. The minimum Gasteiger partial charge on any atom is -0.492 e. The van der Waals surface area contributed by atoms with Crippen molar-refractivity contribution in [1.29, 1.82) is 0 Å². The van der Waals surface area contributed by atoms with E-state index in [2.05, 4.69) is 31.3 Å². The maximum Gasteiger partial charge on any atom is 0.134 e. The summed E-state index contributed by atoms with van der Waals surface area (Å²) in [6.07, 6.45) is 6.37. The highest BCUT2D eigenvalue weighted by molar-refractivity contribution is 9.09. The highest BCUT2D eigenvalue weighted by atomic mass is 79.9. The van der Waals surface area contributed by atoms with E-state index in [1.54, 1.807) is 6.20 Å². The van der Waals surface area contributed by atoms with Gasteiger partial charge in [-0.3, -0.25) is 0 Å². The standard InChI is InChI=1S/C8H11BrN4O/c9-8-3-2-7(6-11-8)14-5-1-4-12-13-10/h2-3,6,8,11H,1,4-5H2. The minimum atomic E-state index is 0.179. The fourth-order valence-electron chi connectivity index (χ4n) is 0.905. The Balaban J connectivity index is 2.13. The molecule has 0 aromatic heterocycles. The highest BCUT2D eigenvalue weighted by Gasteiger charge is 2.03. The zero-order valence-corrected chi connectivity index (χ0v) is 9.14. The molecule has 1 heterocycles. The molecule has 1 aliphatic rings. The van der Waals surface area contributed by atoms with E-state index in [0.717, 1.165) is 12.2 Å². The summed E-state index contributed by atoms with van der Waals surface area (Å²) in [6, 6.07) is 0. The molecule has 0 spiro atoms. The maximum absolute atomic E-state index is 8.02. The Kier molecular flexibility index (Phi) is 4.96. The maximum atomic E-state index is 8.02. The molecule has 0 bridgehead atoms. The SMILES string of the molecule is [N-]=[N+]=NCCCOC1=CNC(Br)C=C1. The lowest BCUT2D eigenvalue weighted by Gasteiger charge is -2.13. The van der Waals surface area contributed by atoms with Crippen molar-refractivity contribution < 1.29 is 4.74 Å². The van der Waals surface area contributed by atoms with Crippen LogP contribution in [0.2, 0.25) is 0 Å². The lowest BCUT2D eigenvalue weighted by Crippen LogP contribution is -2.18. The summed E-state index contributed by atoms with van der Waals surface area (Å²) in [5.74, 6) is 0.793. The summed E-state index contributed by atoms with van der Waals surface area (Å²) in [6.45, 7) is 1.03. The predicted molar refractivity (Wildman–Crippen MR) is 57.7 cm³/mol. The molecule has 0 radical (unpaired) electrons. The van der Waals surface area contributed by atoms with Gasteiger partial charge in [-0.25, -0.2) is 0 Å². The van der Waals surface area contributed by atoms with E-state index in [-0.39, 0.29) is 4.95 Å². The number of halogens is 1. The van der Waals surface area contributed by atoms with Gasteiger partial charge in [0.2, 0.25) is 0 Å². The van der Waals surface area contributed by atoms with E-state index in [9.17, 15) is 0 Å². The van der Waals surface area contributed by atoms with Gasteiger partial charge in [-0.2, -0.15) is 0 Å². The lowest BCUT2D eigenvalue weighted by atomic mass is 10.3. The second-order valence-electron chi connectivity index (χ2n) is 2.63. The fourth-order valence-corrected chi connectivity index (χ4v) is 1.19. The van der Waals surface area contributed by atoms with Crippen LogP contribution in [0.3, 0.4) is 0 Å². The normalized spacial score (nSPS) is 19.2. The van der Waals surface area contributed by atoms with Crippen LogP contribution in [0.25, 0.3) is 10.4 Å². The lowest BCUT2D eigenvalue weighted by molar-refractivity contribution is 0.219. The van der Waals surface area contributed by atoms with Crippen LogP contribution in [-0.4, -0.2) is 18.1 Å². The molecule has 5 nitrogen and oxygen atoms in total. The number of dihydropyridines is 1. The number of nitrogens with one attached hydrogen (secondary N) is 1. The van der Waals surface area contributed by atoms with Gasteiger partial charge in [0.05, 0.1) is 6.61 Å². The number of allylic oxidation sites excluding steroid dienone is 1. The average molecular weight is 259 g/mol. The van der Waals surface area contributed by atoms with Gasteiger partial charge in [-0.15, -0.1) is 0 Å². The molecule has 0 fully saturated rings. The predicted octanol–water partition coefficient (Wildman–Crippen LogP) is 2.43. The number of ether oxygens (including phenoxy) is 1. The number of rotatable bonds is 5. The molecule has 0 saturated carbocycles. The molecule has 1 unspecified atom stereocenters. The number of hydrogen-bond donors (Lipinski definition) is 1. The first-order chi connectivity index (χ1) is 6.83. The molecule has 0 aliphatic carbocycles. The van der Waals surface area contributed by atoms with Crippen LogP contribution in [0.15, 0.2) is 29.2 Å². The molecule has 1 rings (SSSR count). The van der Waals surface area contributed by atoms with Gasteiger partial charge < -0.3 is 10.1 Å². The summed E-state index contributed by atoms with van der Waals surface area (Å²) >= 11 is 3.36. The van der Waals surface area contributed by atoms with Gasteiger partial charge >= 0.3 is 0 Å². The van der Waals surface area contributed by atoms with Crippen LogP contribution in [0, 0.1) is 0 Å². The number of hydrogen-bond acceptors (Lipinski definition) is 3. The summed E-state index contributed by atoms with van der Waals surface area (Å²) in [4.78, 5) is 2.83. The van der Waals surface area contributed by atoms with Crippen molar-refractivity contribution in [3.63, 3.8) is 0 Å². The van der Waals surface area contributed by atoms with Gasteiger partial charge in [0.1, 0.15) is 10.7 Å². The van der Waals surface area contributed by atoms with Crippen LogP contribution >= 0.6 is 15.9 Å². The van der Waals surface area contributed by atoms with Crippen LogP contribution in [0.4, 0.5) is 0 Å². The Morgan fingerprint density at radius 1 is 1.71 bits per heavy atom. The largest absolute Gasteiger partial charge is 0.492 e. The van der Waals surface area contributed by atoms with E-state index < -0.39 is 0 Å². The third-order valence-electron chi connectivity index (χ3n) is 1.55. The van der Waals surface area contributed by atoms with Gasteiger partial charge in [-0.1, -0.05) is 21.0 Å². The van der Waals surface area contributed by atoms with Crippen molar-refractivity contribution in [2.45, 2.75) is 11.4 Å². The molecule has 0 aromatic rings. The second kappa shape index (κ2) is 6.34. The van der Waals surface area contributed by atoms with Crippen LogP contribution in [-0.2, 0) is 4.74 Å². The van der Waals surface area contributed by atoms with Crippen molar-refractivity contribution in [1.82, 2.24) is 5.32 Å². The molecule has 0 amide bonds. The number of azide groups is 1. The molecule has 1 atom stereocenters. The van der Waals surface area contributed by atoms with Crippen molar-refractivity contribution in [3.8, 4) is 0 Å². The number of nitrogens with zero attached hydrogens (tertiary/aromatic N) is 3. The molecule has 1 N–H and O–H groups in total. The first-order valence-corrected chi connectivity index (χ1v) is 5.16. The van der Waals surface area contributed by atoms with Gasteiger partial charge in [-0.05, 0) is 24.1 Å². The Bertz CT molecular complexity index is 283. The third kappa shape index (κ3) is 4.20. The smallest absolute Gasteiger partial charge is 0.134 e. The van der Waals surface area contributed by atoms with E-state index in [1.165, 1.54) is 0 Å². The topological polar surface area (TPSA) is 70.0 Å². The summed E-state index contributed by atoms with van der Waals surface area (Å²) in [5, 5.41) is 6.45. The van der Waals surface area contributed by atoms with E-state index in [4.69, 9.17) is 10.3 Å². The van der Waals surface area contributed by atoms with Crippen LogP contribution in [0.1, 0.15) is 6.42 Å². The molecular formula is C8H11BrN4O. The van der Waals surface area contributed by atoms with E-state index in [1.807, 2.05) is 12.2 Å². The molecule has 76 valence electrons. The quantitative estimate of drug-likeness (QED) is 0.206. The zero-order chi connectivity index (χ0) is 10.2. The first kappa shape index (κ1) is 10.9. The minimum absolute atomic E-state index is 0.179. The second-order valence-corrected chi connectivity index (χ2v) is 3.62. The third-order valence-corrected chi connectivity index (χ3v) is 2.12. The Morgan fingerprint density at radius 2 is 2.57 bits per heavy atom. The van der Waals surface area contributed by atoms with E-state index in [0.29, 0.717) is 13.2 Å². The fraction of sp³-hybridized carbons (Fsp3) is 0.500. The Labute approximate surface area is 90.6 Å². The van der Waals surface area contributed by atoms with Crippen molar-refractivity contribution in [3.05, 3.63) is 34.6 Å². The van der Waals surface area contributed by atoms with Crippen LogP contribution < -0.4 is 5.32 Å². The number of alkyl halides is 1. The zero-order valence-electron chi connectivity index (χ0n) is 7.56. The molecule has 14 heavy (non-hydrogen) atoms. The van der Waals surface area contributed by atoms with Crippen molar-refractivity contribution in [2.75, 3.05) is 13.2 Å². The molecule has 0 aromatic carbocycles.